The van der Waals surface area contributed by atoms with Crippen LogP contribution in [-0.2, 0) is 14.8 Å². The molecule has 1 N–H and O–H groups in total. The molecule has 0 bridgehead atoms. The van der Waals surface area contributed by atoms with Crippen LogP contribution in [0.3, 0.4) is 0 Å². The number of carbonyl (C=O) groups excluding carboxylic acids is 2. The number of nitrogens with one attached hydrogen (secondary N) is 1. The van der Waals surface area contributed by atoms with Crippen LogP contribution in [0, 0.1) is 0 Å². The van der Waals surface area contributed by atoms with Crippen LogP contribution in [0.4, 0.5) is 5.00 Å². The summed E-state index contributed by atoms with van der Waals surface area (Å²) in [6, 6.07) is 4.01. The van der Waals surface area contributed by atoms with Gasteiger partial charge in [0, 0.05) is 30.2 Å². The van der Waals surface area contributed by atoms with Gasteiger partial charge in [-0.1, -0.05) is 22.5 Å². The fraction of sp³-hybridized carbons (Fsp3) is 0.412. The largest absolute Gasteiger partial charge is 0.461 e. The molecule has 1 amide bonds. The van der Waals surface area contributed by atoms with Gasteiger partial charge in [-0.05, 0) is 38.0 Å². The number of ether oxygens (including phenoxy) is 1. The lowest BCUT2D eigenvalue weighted by Gasteiger charge is -2.26. The van der Waals surface area contributed by atoms with Crippen molar-refractivity contribution in [1.29, 1.82) is 0 Å². The maximum atomic E-state index is 12.9. The summed E-state index contributed by atoms with van der Waals surface area (Å²) in [6.07, 6.45) is 2.55. The highest BCUT2D eigenvalue weighted by atomic mass is 35.5. The molecule has 9 nitrogen and oxygen atoms in total. The van der Waals surface area contributed by atoms with E-state index in [0.29, 0.717) is 13.1 Å². The second kappa shape index (κ2) is 9.16. The quantitative estimate of drug-likeness (QED) is 0.661. The zero-order valence-electron chi connectivity index (χ0n) is 15.6. The lowest BCUT2D eigenvalue weighted by atomic mass is 10.2. The third-order valence-corrected chi connectivity index (χ3v) is 7.33. The molecule has 1 saturated heterocycles. The van der Waals surface area contributed by atoms with Crippen molar-refractivity contribution in [1.82, 2.24) is 13.9 Å². The molecule has 0 spiro atoms. The van der Waals surface area contributed by atoms with E-state index in [2.05, 4.69) is 14.9 Å². The Kier molecular flexibility index (Phi) is 6.83. The number of carbonyl (C=O) groups is 2. The number of rotatable bonds is 6. The molecule has 156 valence electrons. The standard InChI is InChI=1S/C17H19ClN4O5S2/c1-2-27-17(24)14-16(28-21-20-14)19-15(23)11-6-7-12(18)13(10-11)29(25,26)22-8-4-3-5-9-22/h6-7,10H,2-5,8-9H2,1H3,(H,19,23). The van der Waals surface area contributed by atoms with Gasteiger partial charge in [0.05, 0.1) is 11.6 Å². The van der Waals surface area contributed by atoms with E-state index in [-0.39, 0.29) is 32.8 Å². The molecule has 0 unspecified atom stereocenters. The highest BCUT2D eigenvalue weighted by Gasteiger charge is 2.29. The van der Waals surface area contributed by atoms with Crippen molar-refractivity contribution in [2.45, 2.75) is 31.1 Å². The predicted molar refractivity (Wildman–Crippen MR) is 108 cm³/mol. The molecule has 0 radical (unpaired) electrons. The summed E-state index contributed by atoms with van der Waals surface area (Å²) in [7, 11) is -3.81. The molecule has 1 aromatic carbocycles. The van der Waals surface area contributed by atoms with Crippen LogP contribution in [-0.4, -0.2) is 53.9 Å². The summed E-state index contributed by atoms with van der Waals surface area (Å²) in [5.74, 6) is -1.32. The maximum absolute atomic E-state index is 12.9. The lowest BCUT2D eigenvalue weighted by Crippen LogP contribution is -2.35. The van der Waals surface area contributed by atoms with Crippen molar-refractivity contribution in [3.8, 4) is 0 Å². The summed E-state index contributed by atoms with van der Waals surface area (Å²) in [5, 5.41) is 6.35. The van der Waals surface area contributed by atoms with E-state index < -0.39 is 21.9 Å². The minimum atomic E-state index is -3.81. The summed E-state index contributed by atoms with van der Waals surface area (Å²) < 4.78 is 35.8. The molecule has 1 aliphatic rings. The molecule has 0 saturated carbocycles. The van der Waals surface area contributed by atoms with Crippen LogP contribution in [0.1, 0.15) is 47.0 Å². The van der Waals surface area contributed by atoms with Gasteiger partial charge in [-0.25, -0.2) is 13.2 Å². The molecule has 1 aliphatic heterocycles. The molecule has 1 aromatic heterocycles. The first-order chi connectivity index (χ1) is 13.8. The molecule has 0 aliphatic carbocycles. The number of hydrogen-bond donors (Lipinski definition) is 1. The van der Waals surface area contributed by atoms with Gasteiger partial charge in [0.1, 0.15) is 4.90 Å². The van der Waals surface area contributed by atoms with Crippen molar-refractivity contribution in [3.63, 3.8) is 0 Å². The van der Waals surface area contributed by atoms with E-state index in [9.17, 15) is 18.0 Å². The number of sulfonamides is 1. The Bertz CT molecular complexity index is 1020. The Morgan fingerprint density at radius 3 is 2.69 bits per heavy atom. The van der Waals surface area contributed by atoms with Crippen molar-refractivity contribution in [3.05, 3.63) is 34.5 Å². The Labute approximate surface area is 177 Å². The first kappa shape index (κ1) is 21.6. The normalized spacial score (nSPS) is 15.1. The predicted octanol–water partition coefficient (Wildman–Crippen LogP) is 2.80. The summed E-state index contributed by atoms with van der Waals surface area (Å²) in [4.78, 5) is 24.4. The van der Waals surface area contributed by atoms with Crippen LogP contribution in [0.15, 0.2) is 23.1 Å². The minimum absolute atomic E-state index is 0.0405. The van der Waals surface area contributed by atoms with Gasteiger partial charge >= 0.3 is 5.97 Å². The number of piperidine rings is 1. The Hall–Kier alpha value is -2.08. The summed E-state index contributed by atoms with van der Waals surface area (Å²) >= 11 is 6.95. The third-order valence-electron chi connectivity index (χ3n) is 4.31. The molecule has 12 heteroatoms. The molecule has 2 heterocycles. The van der Waals surface area contributed by atoms with Gasteiger partial charge in [-0.15, -0.1) is 5.10 Å². The number of benzene rings is 1. The average molecular weight is 459 g/mol. The number of anilines is 1. The van der Waals surface area contributed by atoms with E-state index >= 15 is 0 Å². The molecular weight excluding hydrogens is 440 g/mol. The van der Waals surface area contributed by atoms with Crippen molar-refractivity contribution in [2.24, 2.45) is 0 Å². The number of amides is 1. The van der Waals surface area contributed by atoms with Gasteiger partial charge in [0.2, 0.25) is 15.7 Å². The molecule has 0 atom stereocenters. The van der Waals surface area contributed by atoms with Crippen LogP contribution < -0.4 is 5.32 Å². The van der Waals surface area contributed by atoms with Crippen LogP contribution in [0.25, 0.3) is 0 Å². The van der Waals surface area contributed by atoms with Gasteiger partial charge < -0.3 is 10.1 Å². The minimum Gasteiger partial charge on any atom is -0.461 e. The molecule has 2 aromatic rings. The van der Waals surface area contributed by atoms with E-state index in [1.54, 1.807) is 6.92 Å². The van der Waals surface area contributed by atoms with E-state index in [4.69, 9.17) is 16.3 Å². The zero-order valence-corrected chi connectivity index (χ0v) is 17.9. The monoisotopic (exact) mass is 458 g/mol. The molecule has 1 fully saturated rings. The number of hydrogen-bond acceptors (Lipinski definition) is 8. The van der Waals surface area contributed by atoms with Gasteiger partial charge in [-0.2, -0.15) is 4.31 Å². The lowest BCUT2D eigenvalue weighted by molar-refractivity contribution is 0.0520. The SMILES string of the molecule is CCOC(=O)c1nnsc1NC(=O)c1ccc(Cl)c(S(=O)(=O)N2CCCCC2)c1. The number of halogens is 1. The second-order valence-electron chi connectivity index (χ2n) is 6.24. The first-order valence-electron chi connectivity index (χ1n) is 8.95. The summed E-state index contributed by atoms with van der Waals surface area (Å²) in [6.45, 7) is 2.64. The maximum Gasteiger partial charge on any atom is 0.362 e. The fourth-order valence-electron chi connectivity index (χ4n) is 2.87. The van der Waals surface area contributed by atoms with Crippen molar-refractivity contribution < 1.29 is 22.7 Å². The number of aromatic nitrogens is 2. The topological polar surface area (TPSA) is 119 Å². The van der Waals surface area contributed by atoms with Crippen molar-refractivity contribution in [2.75, 3.05) is 25.0 Å². The van der Waals surface area contributed by atoms with Gasteiger partial charge in [0.15, 0.2) is 5.00 Å². The molecular formula is C17H19ClN4O5S2. The van der Waals surface area contributed by atoms with E-state index in [0.717, 1.165) is 30.8 Å². The third kappa shape index (κ3) is 4.74. The number of esters is 1. The fourth-order valence-corrected chi connectivity index (χ4v) is 5.44. The Morgan fingerprint density at radius 1 is 1.28 bits per heavy atom. The average Bonchev–Trinajstić information content (AvgIpc) is 3.17. The number of nitrogens with zero attached hydrogens (tertiary/aromatic N) is 3. The summed E-state index contributed by atoms with van der Waals surface area (Å²) in [5.41, 5.74) is -0.0338. The van der Waals surface area contributed by atoms with E-state index in [1.165, 1.54) is 22.5 Å². The van der Waals surface area contributed by atoms with E-state index in [1.807, 2.05) is 0 Å². The Balaban J connectivity index is 1.85. The van der Waals surface area contributed by atoms with Crippen LogP contribution >= 0.6 is 23.1 Å². The Morgan fingerprint density at radius 2 is 2.00 bits per heavy atom. The van der Waals surface area contributed by atoms with Gasteiger partial charge in [0.25, 0.3) is 5.91 Å². The highest BCUT2D eigenvalue weighted by Crippen LogP contribution is 2.28. The van der Waals surface area contributed by atoms with Crippen LogP contribution in [0.2, 0.25) is 5.02 Å². The smallest absolute Gasteiger partial charge is 0.362 e. The molecule has 3 rings (SSSR count). The van der Waals surface area contributed by atoms with Gasteiger partial charge in [-0.3, -0.25) is 4.79 Å². The molecule has 29 heavy (non-hydrogen) atoms. The second-order valence-corrected chi connectivity index (χ2v) is 9.30. The highest BCUT2D eigenvalue weighted by molar-refractivity contribution is 7.89. The van der Waals surface area contributed by atoms with Crippen molar-refractivity contribution >= 4 is 50.0 Å². The first-order valence-corrected chi connectivity index (χ1v) is 11.5. The zero-order chi connectivity index (χ0) is 21.0. The van der Waals surface area contributed by atoms with Crippen LogP contribution in [0.5, 0.6) is 0 Å².